The molecule has 1 amide bonds. The molecule has 108 valence electrons. The zero-order chi connectivity index (χ0) is 14.7. The molecule has 1 heterocycles. The van der Waals surface area contributed by atoms with Crippen LogP contribution in [-0.4, -0.2) is 12.5 Å². The van der Waals surface area contributed by atoms with Crippen LogP contribution in [0.1, 0.15) is 34.0 Å². The molecule has 1 aliphatic rings. The van der Waals surface area contributed by atoms with Gasteiger partial charge in [-0.05, 0) is 41.7 Å². The molecule has 1 aliphatic heterocycles. The Bertz CT molecular complexity index is 664. The fourth-order valence-electron chi connectivity index (χ4n) is 2.78. The summed E-state index contributed by atoms with van der Waals surface area (Å²) in [7, 11) is 0. The first-order valence-corrected chi connectivity index (χ1v) is 7.49. The molecule has 0 aliphatic carbocycles. The summed E-state index contributed by atoms with van der Waals surface area (Å²) in [5.41, 5.74) is 5.58. The molecule has 0 saturated heterocycles. The summed E-state index contributed by atoms with van der Waals surface area (Å²) >= 11 is 0. The number of hydrogen-bond donors (Lipinski definition) is 2. The van der Waals surface area contributed by atoms with E-state index in [4.69, 9.17) is 0 Å². The zero-order valence-electron chi connectivity index (χ0n) is 12.3. The van der Waals surface area contributed by atoms with E-state index in [0.717, 1.165) is 30.6 Å². The normalized spacial score (nSPS) is 12.6. The van der Waals surface area contributed by atoms with Crippen molar-refractivity contribution in [1.29, 1.82) is 0 Å². The van der Waals surface area contributed by atoms with Crippen molar-refractivity contribution in [1.82, 2.24) is 5.32 Å². The second-order valence-electron chi connectivity index (χ2n) is 5.35. The quantitative estimate of drug-likeness (QED) is 0.903. The summed E-state index contributed by atoms with van der Waals surface area (Å²) in [6.07, 6.45) is 2.02. The van der Waals surface area contributed by atoms with Gasteiger partial charge in [-0.3, -0.25) is 4.79 Å². The lowest BCUT2D eigenvalue weighted by molar-refractivity contribution is 0.0951. The zero-order valence-corrected chi connectivity index (χ0v) is 12.3. The third kappa shape index (κ3) is 2.92. The number of aryl methyl sites for hydroxylation is 1. The Kier molecular flexibility index (Phi) is 3.91. The van der Waals surface area contributed by atoms with Crippen LogP contribution >= 0.6 is 0 Å². The molecule has 21 heavy (non-hydrogen) atoms. The van der Waals surface area contributed by atoms with Crippen molar-refractivity contribution in [2.45, 2.75) is 26.3 Å². The minimum atomic E-state index is -0.0163. The van der Waals surface area contributed by atoms with Crippen molar-refractivity contribution in [3.05, 3.63) is 64.7 Å². The molecule has 3 rings (SSSR count). The molecule has 0 bridgehead atoms. The van der Waals surface area contributed by atoms with Gasteiger partial charge < -0.3 is 10.6 Å². The topological polar surface area (TPSA) is 41.1 Å². The second kappa shape index (κ2) is 6.00. The first-order chi connectivity index (χ1) is 10.3. The van der Waals surface area contributed by atoms with Gasteiger partial charge in [-0.2, -0.15) is 0 Å². The Morgan fingerprint density at radius 3 is 2.81 bits per heavy atom. The average Bonchev–Trinajstić information content (AvgIpc) is 3.00. The smallest absolute Gasteiger partial charge is 0.251 e. The molecule has 0 aromatic heterocycles. The van der Waals surface area contributed by atoms with E-state index in [1.807, 2.05) is 30.3 Å². The maximum Gasteiger partial charge on any atom is 0.251 e. The number of benzene rings is 2. The number of anilines is 1. The molecule has 0 saturated carbocycles. The highest BCUT2D eigenvalue weighted by Gasteiger charge is 2.13. The molecule has 0 fully saturated rings. The second-order valence-corrected chi connectivity index (χ2v) is 5.35. The Balaban J connectivity index is 1.69. The van der Waals surface area contributed by atoms with Gasteiger partial charge in [0.15, 0.2) is 0 Å². The number of nitrogens with one attached hydrogen (secondary N) is 2. The standard InChI is InChI=1S/C18H20N2O/c1-2-13-5-3-4-6-16(13)12-20-18(21)15-8-7-14-9-10-19-17(14)11-15/h3-8,11,19H,2,9-10,12H2,1H3,(H,20,21). The van der Waals surface area contributed by atoms with Crippen LogP contribution in [0.3, 0.4) is 0 Å². The predicted molar refractivity (Wildman–Crippen MR) is 85.6 cm³/mol. The molecule has 2 N–H and O–H groups in total. The first-order valence-electron chi connectivity index (χ1n) is 7.49. The summed E-state index contributed by atoms with van der Waals surface area (Å²) < 4.78 is 0. The van der Waals surface area contributed by atoms with E-state index in [9.17, 15) is 4.79 Å². The van der Waals surface area contributed by atoms with Crippen molar-refractivity contribution >= 4 is 11.6 Å². The molecule has 0 spiro atoms. The maximum absolute atomic E-state index is 12.3. The molecule has 0 radical (unpaired) electrons. The number of amides is 1. The Morgan fingerprint density at radius 1 is 1.19 bits per heavy atom. The van der Waals surface area contributed by atoms with Gasteiger partial charge in [-0.1, -0.05) is 37.3 Å². The number of hydrogen-bond acceptors (Lipinski definition) is 2. The van der Waals surface area contributed by atoms with Crippen LogP contribution in [0.25, 0.3) is 0 Å². The van der Waals surface area contributed by atoms with Gasteiger partial charge in [-0.15, -0.1) is 0 Å². The van der Waals surface area contributed by atoms with Gasteiger partial charge in [-0.25, -0.2) is 0 Å². The van der Waals surface area contributed by atoms with Crippen LogP contribution in [0.2, 0.25) is 0 Å². The van der Waals surface area contributed by atoms with Gasteiger partial charge in [0, 0.05) is 24.3 Å². The average molecular weight is 280 g/mol. The Labute approximate surface area is 125 Å². The third-order valence-electron chi connectivity index (χ3n) is 4.02. The van der Waals surface area contributed by atoms with E-state index in [1.54, 1.807) is 0 Å². The van der Waals surface area contributed by atoms with E-state index in [2.05, 4.69) is 29.7 Å². The molecular weight excluding hydrogens is 260 g/mol. The fourth-order valence-corrected chi connectivity index (χ4v) is 2.78. The highest BCUT2D eigenvalue weighted by atomic mass is 16.1. The van der Waals surface area contributed by atoms with Crippen molar-refractivity contribution < 1.29 is 4.79 Å². The van der Waals surface area contributed by atoms with Crippen molar-refractivity contribution in [2.24, 2.45) is 0 Å². The van der Waals surface area contributed by atoms with Crippen LogP contribution in [0.4, 0.5) is 5.69 Å². The van der Waals surface area contributed by atoms with Gasteiger partial charge in [0.05, 0.1) is 0 Å². The van der Waals surface area contributed by atoms with E-state index in [-0.39, 0.29) is 5.91 Å². The first kappa shape index (κ1) is 13.7. The summed E-state index contributed by atoms with van der Waals surface area (Å²) in [6.45, 7) is 3.67. The van der Waals surface area contributed by atoms with Gasteiger partial charge in [0.25, 0.3) is 5.91 Å². The Morgan fingerprint density at radius 2 is 2.00 bits per heavy atom. The predicted octanol–water partition coefficient (Wildman–Crippen LogP) is 3.15. The van der Waals surface area contributed by atoms with Crippen molar-refractivity contribution in [3.8, 4) is 0 Å². The number of rotatable bonds is 4. The van der Waals surface area contributed by atoms with Gasteiger partial charge >= 0.3 is 0 Å². The SMILES string of the molecule is CCc1ccccc1CNC(=O)c1ccc2c(c1)NCC2. The van der Waals surface area contributed by atoms with Gasteiger partial charge in [0.1, 0.15) is 0 Å². The summed E-state index contributed by atoms with van der Waals surface area (Å²) in [5.74, 6) is -0.0163. The van der Waals surface area contributed by atoms with Crippen LogP contribution in [0, 0.1) is 0 Å². The molecule has 2 aromatic carbocycles. The molecule has 3 nitrogen and oxygen atoms in total. The van der Waals surface area contributed by atoms with Crippen molar-refractivity contribution in [2.75, 3.05) is 11.9 Å². The number of carbonyl (C=O) groups excluding carboxylic acids is 1. The van der Waals surface area contributed by atoms with Crippen LogP contribution < -0.4 is 10.6 Å². The molecule has 3 heteroatoms. The minimum absolute atomic E-state index is 0.0163. The summed E-state index contributed by atoms with van der Waals surface area (Å²) in [5, 5.41) is 6.32. The lowest BCUT2D eigenvalue weighted by Crippen LogP contribution is -2.23. The minimum Gasteiger partial charge on any atom is -0.384 e. The summed E-state index contributed by atoms with van der Waals surface area (Å²) in [4.78, 5) is 12.3. The largest absolute Gasteiger partial charge is 0.384 e. The maximum atomic E-state index is 12.3. The van der Waals surface area contributed by atoms with Gasteiger partial charge in [0.2, 0.25) is 0 Å². The lowest BCUT2D eigenvalue weighted by atomic mass is 10.0. The van der Waals surface area contributed by atoms with E-state index in [0.29, 0.717) is 6.54 Å². The molecule has 0 unspecified atom stereocenters. The lowest BCUT2D eigenvalue weighted by Gasteiger charge is -2.10. The monoisotopic (exact) mass is 280 g/mol. The van der Waals surface area contributed by atoms with Crippen LogP contribution in [0.15, 0.2) is 42.5 Å². The fraction of sp³-hybridized carbons (Fsp3) is 0.278. The molecular formula is C18H20N2O. The molecule has 0 atom stereocenters. The van der Waals surface area contributed by atoms with Crippen LogP contribution in [0.5, 0.6) is 0 Å². The van der Waals surface area contributed by atoms with Crippen LogP contribution in [-0.2, 0) is 19.4 Å². The van der Waals surface area contributed by atoms with E-state index < -0.39 is 0 Å². The summed E-state index contributed by atoms with van der Waals surface area (Å²) in [6, 6.07) is 14.1. The van der Waals surface area contributed by atoms with E-state index in [1.165, 1.54) is 16.7 Å². The van der Waals surface area contributed by atoms with Crippen molar-refractivity contribution in [3.63, 3.8) is 0 Å². The number of carbonyl (C=O) groups is 1. The third-order valence-corrected chi connectivity index (χ3v) is 4.02. The molecule has 2 aromatic rings. The Hall–Kier alpha value is -2.29. The van der Waals surface area contributed by atoms with E-state index >= 15 is 0 Å². The highest BCUT2D eigenvalue weighted by Crippen LogP contribution is 2.23. The number of fused-ring (bicyclic) bond motifs is 1. The highest BCUT2D eigenvalue weighted by molar-refractivity contribution is 5.95.